The maximum absolute atomic E-state index is 12.7. The first-order chi connectivity index (χ1) is 8.97. The van der Waals surface area contributed by atoms with Crippen LogP contribution in [0.4, 0.5) is 13.2 Å². The molecule has 19 heavy (non-hydrogen) atoms. The molecule has 0 radical (unpaired) electrons. The van der Waals surface area contributed by atoms with E-state index in [4.69, 9.17) is 10.5 Å². The molecule has 1 aromatic carbocycles. The minimum atomic E-state index is -4.63. The number of nitrogens with two attached hydrogens (primary N) is 1. The number of aromatic nitrogens is 4. The number of alkyl halides is 3. The normalized spacial score (nSPS) is 11.6. The zero-order valence-corrected chi connectivity index (χ0v) is 9.85. The summed E-state index contributed by atoms with van der Waals surface area (Å²) in [4.78, 5) is 0. The average molecular weight is 273 g/mol. The van der Waals surface area contributed by atoms with E-state index in [1.807, 2.05) is 0 Å². The van der Waals surface area contributed by atoms with Gasteiger partial charge in [0, 0.05) is 12.1 Å². The molecule has 2 rings (SSSR count). The molecule has 1 aromatic heterocycles. The molecule has 0 aliphatic heterocycles. The Balaban J connectivity index is 2.51. The van der Waals surface area contributed by atoms with Gasteiger partial charge in [0.25, 0.3) is 5.82 Å². The molecule has 0 bridgehead atoms. The van der Waals surface area contributed by atoms with E-state index in [0.717, 1.165) is 0 Å². The van der Waals surface area contributed by atoms with Crippen LogP contribution in [-0.2, 0) is 12.7 Å². The molecule has 6 nitrogen and oxygen atoms in total. The summed E-state index contributed by atoms with van der Waals surface area (Å²) < 4.78 is 43.7. The van der Waals surface area contributed by atoms with Crippen molar-refractivity contribution < 1.29 is 17.9 Å². The van der Waals surface area contributed by atoms with Gasteiger partial charge < -0.3 is 10.5 Å². The first kappa shape index (κ1) is 13.3. The molecule has 0 fully saturated rings. The van der Waals surface area contributed by atoms with E-state index in [9.17, 15) is 13.2 Å². The second-order valence-electron chi connectivity index (χ2n) is 3.61. The predicted octanol–water partition coefficient (Wildman–Crippen LogP) is 1.15. The van der Waals surface area contributed by atoms with Gasteiger partial charge in [-0.2, -0.15) is 17.9 Å². The molecule has 2 N–H and O–H groups in total. The highest BCUT2D eigenvalue weighted by molar-refractivity contribution is 5.44. The summed E-state index contributed by atoms with van der Waals surface area (Å²) in [5, 5.41) is 9.36. The second-order valence-corrected chi connectivity index (χ2v) is 3.61. The van der Waals surface area contributed by atoms with Crippen LogP contribution in [0.5, 0.6) is 5.75 Å². The average Bonchev–Trinajstić information content (AvgIpc) is 2.87. The van der Waals surface area contributed by atoms with Crippen LogP contribution < -0.4 is 10.5 Å². The first-order valence-electron chi connectivity index (χ1n) is 5.20. The van der Waals surface area contributed by atoms with Gasteiger partial charge in [0.05, 0.1) is 12.8 Å². The Morgan fingerprint density at radius 1 is 1.37 bits per heavy atom. The number of nitrogens with zero attached hydrogens (tertiary/aromatic N) is 4. The minimum Gasteiger partial charge on any atom is -0.496 e. The largest absolute Gasteiger partial charge is 0.496 e. The van der Waals surface area contributed by atoms with Gasteiger partial charge in [0.1, 0.15) is 5.75 Å². The summed E-state index contributed by atoms with van der Waals surface area (Å²) in [6, 6.07) is 4.38. The van der Waals surface area contributed by atoms with Crippen LogP contribution in [0.3, 0.4) is 0 Å². The highest BCUT2D eigenvalue weighted by Crippen LogP contribution is 2.29. The highest BCUT2D eigenvalue weighted by atomic mass is 19.4. The maximum Gasteiger partial charge on any atom is 0.453 e. The number of benzene rings is 1. The molecule has 9 heteroatoms. The van der Waals surface area contributed by atoms with Crippen LogP contribution in [0.1, 0.15) is 11.4 Å². The Labute approximate surface area is 106 Å². The first-order valence-corrected chi connectivity index (χ1v) is 5.20. The Morgan fingerprint density at radius 2 is 2.11 bits per heavy atom. The highest BCUT2D eigenvalue weighted by Gasteiger charge is 2.38. The van der Waals surface area contributed by atoms with Crippen LogP contribution >= 0.6 is 0 Å². The van der Waals surface area contributed by atoms with Crippen molar-refractivity contribution in [3.8, 4) is 11.4 Å². The van der Waals surface area contributed by atoms with E-state index >= 15 is 0 Å². The maximum atomic E-state index is 12.7. The van der Waals surface area contributed by atoms with Crippen LogP contribution in [0.2, 0.25) is 0 Å². The molecule has 0 aliphatic carbocycles. The van der Waals surface area contributed by atoms with E-state index < -0.39 is 12.0 Å². The van der Waals surface area contributed by atoms with Crippen molar-refractivity contribution in [3.63, 3.8) is 0 Å². The van der Waals surface area contributed by atoms with Crippen molar-refractivity contribution in [2.45, 2.75) is 12.7 Å². The third-order valence-electron chi connectivity index (χ3n) is 2.45. The van der Waals surface area contributed by atoms with Crippen LogP contribution in [0, 0.1) is 0 Å². The van der Waals surface area contributed by atoms with Crippen molar-refractivity contribution in [2.75, 3.05) is 7.11 Å². The van der Waals surface area contributed by atoms with Gasteiger partial charge in [-0.1, -0.05) is 0 Å². The van der Waals surface area contributed by atoms with Crippen molar-refractivity contribution >= 4 is 0 Å². The summed E-state index contributed by atoms with van der Waals surface area (Å²) in [5.74, 6) is -0.700. The zero-order valence-electron chi connectivity index (χ0n) is 9.85. The molecule has 0 saturated carbocycles. The SMILES string of the molecule is COc1ccc(-n2nnnc2C(F)(F)F)cc1CN. The van der Waals surface area contributed by atoms with E-state index in [0.29, 0.717) is 16.0 Å². The van der Waals surface area contributed by atoms with Gasteiger partial charge in [-0.3, -0.25) is 0 Å². The van der Waals surface area contributed by atoms with Crippen LogP contribution in [0.15, 0.2) is 18.2 Å². The molecular weight excluding hydrogens is 263 g/mol. The topological polar surface area (TPSA) is 78.8 Å². The number of tetrazole rings is 1. The number of hydrogen-bond acceptors (Lipinski definition) is 5. The number of hydrogen-bond donors (Lipinski definition) is 1. The Kier molecular flexibility index (Phi) is 3.38. The van der Waals surface area contributed by atoms with Gasteiger partial charge >= 0.3 is 6.18 Å². The lowest BCUT2D eigenvalue weighted by atomic mass is 10.2. The van der Waals surface area contributed by atoms with E-state index in [2.05, 4.69) is 15.5 Å². The second kappa shape index (κ2) is 4.84. The summed E-state index contributed by atoms with van der Waals surface area (Å²) >= 11 is 0. The molecule has 2 aromatic rings. The van der Waals surface area contributed by atoms with E-state index in [1.54, 1.807) is 0 Å². The fraction of sp³-hybridized carbons (Fsp3) is 0.300. The Hall–Kier alpha value is -2.16. The standard InChI is InChI=1S/C10H10F3N5O/c1-19-8-3-2-7(4-6(8)5-14)18-9(10(11,12)13)15-16-17-18/h2-4H,5,14H2,1H3. The van der Waals surface area contributed by atoms with Gasteiger partial charge in [0.2, 0.25) is 0 Å². The molecular formula is C10H10F3N5O. The molecule has 0 unspecified atom stereocenters. The van der Waals surface area contributed by atoms with E-state index in [-0.39, 0.29) is 12.2 Å². The van der Waals surface area contributed by atoms with Crippen LogP contribution in [0.25, 0.3) is 5.69 Å². The Morgan fingerprint density at radius 3 is 2.68 bits per heavy atom. The van der Waals surface area contributed by atoms with Crippen LogP contribution in [-0.4, -0.2) is 27.3 Å². The minimum absolute atomic E-state index is 0.125. The predicted molar refractivity (Wildman–Crippen MR) is 58.6 cm³/mol. The van der Waals surface area contributed by atoms with E-state index in [1.165, 1.54) is 25.3 Å². The quantitative estimate of drug-likeness (QED) is 0.907. The van der Waals surface area contributed by atoms with Crippen molar-refractivity contribution in [1.29, 1.82) is 0 Å². The third kappa shape index (κ3) is 2.50. The molecule has 1 heterocycles. The molecule has 102 valence electrons. The smallest absolute Gasteiger partial charge is 0.453 e. The van der Waals surface area contributed by atoms with Crippen molar-refractivity contribution in [3.05, 3.63) is 29.6 Å². The van der Waals surface area contributed by atoms with Crippen molar-refractivity contribution in [1.82, 2.24) is 20.2 Å². The lowest BCUT2D eigenvalue weighted by molar-refractivity contribution is -0.146. The van der Waals surface area contributed by atoms with Gasteiger partial charge in [-0.25, -0.2) is 0 Å². The summed E-state index contributed by atoms with van der Waals surface area (Å²) in [5.41, 5.74) is 6.23. The molecule has 0 aliphatic rings. The number of halogens is 3. The lowest BCUT2D eigenvalue weighted by Crippen LogP contribution is -2.15. The molecule has 0 saturated heterocycles. The number of ether oxygens (including phenoxy) is 1. The monoisotopic (exact) mass is 273 g/mol. The summed E-state index contributed by atoms with van der Waals surface area (Å²) in [7, 11) is 1.45. The summed E-state index contributed by atoms with van der Waals surface area (Å²) in [6.07, 6.45) is -4.63. The zero-order chi connectivity index (χ0) is 14.0. The third-order valence-corrected chi connectivity index (χ3v) is 2.45. The molecule has 0 amide bonds. The lowest BCUT2D eigenvalue weighted by Gasteiger charge is -2.11. The fourth-order valence-electron chi connectivity index (χ4n) is 1.59. The van der Waals surface area contributed by atoms with Gasteiger partial charge in [0.15, 0.2) is 0 Å². The van der Waals surface area contributed by atoms with Gasteiger partial charge in [-0.05, 0) is 28.6 Å². The van der Waals surface area contributed by atoms with Gasteiger partial charge in [-0.15, -0.1) is 5.10 Å². The fourth-order valence-corrected chi connectivity index (χ4v) is 1.59. The van der Waals surface area contributed by atoms with Crippen molar-refractivity contribution in [2.24, 2.45) is 5.73 Å². The Bertz CT molecular complexity index is 581. The number of methoxy groups -OCH3 is 1. The number of rotatable bonds is 3. The molecule has 0 atom stereocenters. The summed E-state index contributed by atoms with van der Waals surface area (Å²) in [6.45, 7) is 0.125. The molecule has 0 spiro atoms.